The monoisotopic (exact) mass is 301 g/mol. The lowest BCUT2D eigenvalue weighted by Gasteiger charge is -2.21. The molecule has 0 N–H and O–H groups in total. The Morgan fingerprint density at radius 2 is 2.05 bits per heavy atom. The highest BCUT2D eigenvalue weighted by atomic mass is 16.5. The van der Waals surface area contributed by atoms with Gasteiger partial charge in [0, 0.05) is 26.0 Å². The lowest BCUT2D eigenvalue weighted by Crippen LogP contribution is -2.31. The maximum absolute atomic E-state index is 12.8. The molecule has 2 aromatic heterocycles. The fourth-order valence-electron chi connectivity index (χ4n) is 1.99. The summed E-state index contributed by atoms with van der Waals surface area (Å²) in [5.41, 5.74) is 1.16. The van der Waals surface area contributed by atoms with Crippen molar-refractivity contribution in [1.82, 2.24) is 9.97 Å². The van der Waals surface area contributed by atoms with Crippen LogP contribution in [-0.2, 0) is 4.74 Å². The van der Waals surface area contributed by atoms with Gasteiger partial charge in [0.05, 0.1) is 18.5 Å². The van der Waals surface area contributed by atoms with E-state index in [4.69, 9.17) is 9.47 Å². The molecular weight excluding hydrogens is 282 g/mol. The summed E-state index contributed by atoms with van der Waals surface area (Å²) in [4.78, 5) is 22.6. The van der Waals surface area contributed by atoms with Crippen molar-refractivity contribution in [2.45, 2.75) is 6.92 Å². The number of nitrogens with zero attached hydrogens (tertiary/aromatic N) is 3. The van der Waals surface area contributed by atoms with Gasteiger partial charge in [-0.2, -0.15) is 0 Å². The van der Waals surface area contributed by atoms with Gasteiger partial charge in [0.25, 0.3) is 5.91 Å². The molecular formula is C16H19N3O3. The molecule has 0 atom stereocenters. The number of amides is 1. The number of pyridine rings is 2. The topological polar surface area (TPSA) is 64.6 Å². The molecule has 6 nitrogen and oxygen atoms in total. The van der Waals surface area contributed by atoms with Crippen LogP contribution in [0, 0.1) is 0 Å². The van der Waals surface area contributed by atoms with Gasteiger partial charge < -0.3 is 14.4 Å². The quantitative estimate of drug-likeness (QED) is 0.733. The first-order chi connectivity index (χ1) is 10.8. The lowest BCUT2D eigenvalue weighted by molar-refractivity contribution is 0.0978. The highest BCUT2D eigenvalue weighted by molar-refractivity contribution is 6.07. The number of aromatic nitrogens is 2. The van der Waals surface area contributed by atoms with Crippen molar-refractivity contribution >= 4 is 11.6 Å². The Morgan fingerprint density at radius 3 is 2.73 bits per heavy atom. The molecule has 2 heterocycles. The zero-order valence-corrected chi connectivity index (χ0v) is 12.7. The number of hydrogen-bond donors (Lipinski definition) is 0. The number of ether oxygens (including phenoxy) is 2. The predicted molar refractivity (Wildman–Crippen MR) is 83.2 cm³/mol. The standard InChI is InChI=1S/C16H19N3O3/c1-3-19(13-6-4-8-17-12-13)16(20)14-7-5-9-18-15(14)22-11-10-21-2/h4-9,12H,3,10-11H2,1-2H3. The highest BCUT2D eigenvalue weighted by Gasteiger charge is 2.20. The maximum atomic E-state index is 12.8. The van der Waals surface area contributed by atoms with E-state index in [1.165, 1.54) is 0 Å². The Kier molecular flexibility index (Phi) is 5.85. The fraction of sp³-hybridized carbons (Fsp3) is 0.312. The van der Waals surface area contributed by atoms with E-state index in [9.17, 15) is 4.79 Å². The summed E-state index contributed by atoms with van der Waals surface area (Å²) in [5.74, 6) is 0.142. The minimum Gasteiger partial charge on any atom is -0.475 e. The molecule has 0 unspecified atom stereocenters. The molecule has 0 aliphatic heterocycles. The SMILES string of the molecule is CCN(C(=O)c1cccnc1OCCOC)c1cccnc1. The molecule has 6 heteroatoms. The van der Waals surface area contributed by atoms with Crippen LogP contribution in [0.4, 0.5) is 5.69 Å². The van der Waals surface area contributed by atoms with Crippen LogP contribution in [0.5, 0.6) is 5.88 Å². The number of methoxy groups -OCH3 is 1. The van der Waals surface area contributed by atoms with Crippen LogP contribution in [0.3, 0.4) is 0 Å². The molecule has 0 saturated heterocycles. The van der Waals surface area contributed by atoms with Crippen LogP contribution < -0.4 is 9.64 Å². The Labute approximate surface area is 129 Å². The van der Waals surface area contributed by atoms with Crippen molar-refractivity contribution in [2.24, 2.45) is 0 Å². The Bertz CT molecular complexity index is 605. The zero-order valence-electron chi connectivity index (χ0n) is 12.7. The van der Waals surface area contributed by atoms with Gasteiger partial charge in [0.1, 0.15) is 12.2 Å². The summed E-state index contributed by atoms with van der Waals surface area (Å²) in [7, 11) is 1.59. The van der Waals surface area contributed by atoms with E-state index < -0.39 is 0 Å². The second-order valence-electron chi connectivity index (χ2n) is 4.46. The third-order valence-electron chi connectivity index (χ3n) is 3.05. The molecule has 0 aliphatic carbocycles. The third-order valence-corrected chi connectivity index (χ3v) is 3.05. The smallest absolute Gasteiger partial charge is 0.263 e. The van der Waals surface area contributed by atoms with Gasteiger partial charge in [-0.3, -0.25) is 9.78 Å². The molecule has 0 aromatic carbocycles. The largest absolute Gasteiger partial charge is 0.475 e. The maximum Gasteiger partial charge on any atom is 0.263 e. The molecule has 0 spiro atoms. The average Bonchev–Trinajstić information content (AvgIpc) is 2.57. The number of hydrogen-bond acceptors (Lipinski definition) is 5. The molecule has 1 amide bonds. The van der Waals surface area contributed by atoms with Crippen LogP contribution in [0.25, 0.3) is 0 Å². The van der Waals surface area contributed by atoms with E-state index in [0.29, 0.717) is 31.2 Å². The molecule has 2 aromatic rings. The van der Waals surface area contributed by atoms with E-state index in [-0.39, 0.29) is 5.91 Å². The molecule has 0 saturated carbocycles. The molecule has 0 aliphatic rings. The summed E-state index contributed by atoms with van der Waals surface area (Å²) < 4.78 is 10.5. The van der Waals surface area contributed by atoms with Gasteiger partial charge in [-0.25, -0.2) is 4.98 Å². The molecule has 2 rings (SSSR count). The average molecular weight is 301 g/mol. The Balaban J connectivity index is 2.24. The second-order valence-corrected chi connectivity index (χ2v) is 4.46. The van der Waals surface area contributed by atoms with Crippen LogP contribution >= 0.6 is 0 Å². The fourth-order valence-corrected chi connectivity index (χ4v) is 1.99. The normalized spacial score (nSPS) is 10.3. The number of anilines is 1. The van der Waals surface area contributed by atoms with E-state index in [1.807, 2.05) is 13.0 Å². The van der Waals surface area contributed by atoms with Crippen molar-refractivity contribution < 1.29 is 14.3 Å². The van der Waals surface area contributed by atoms with Crippen molar-refractivity contribution in [1.29, 1.82) is 0 Å². The molecule has 0 fully saturated rings. The first-order valence-electron chi connectivity index (χ1n) is 7.06. The molecule has 0 radical (unpaired) electrons. The summed E-state index contributed by atoms with van der Waals surface area (Å²) in [5, 5.41) is 0. The number of carbonyl (C=O) groups excluding carboxylic acids is 1. The predicted octanol–water partition coefficient (Wildman–Crippen LogP) is 2.17. The number of rotatable bonds is 7. The van der Waals surface area contributed by atoms with Gasteiger partial charge in [-0.15, -0.1) is 0 Å². The lowest BCUT2D eigenvalue weighted by atomic mass is 10.2. The van der Waals surface area contributed by atoms with Crippen molar-refractivity contribution in [3.05, 3.63) is 48.4 Å². The molecule has 0 bridgehead atoms. The van der Waals surface area contributed by atoms with Crippen molar-refractivity contribution in [3.63, 3.8) is 0 Å². The van der Waals surface area contributed by atoms with E-state index in [0.717, 1.165) is 5.69 Å². The Hall–Kier alpha value is -2.47. The molecule has 22 heavy (non-hydrogen) atoms. The first kappa shape index (κ1) is 15.9. The van der Waals surface area contributed by atoms with E-state index in [2.05, 4.69) is 9.97 Å². The van der Waals surface area contributed by atoms with Gasteiger partial charge in [0.15, 0.2) is 0 Å². The second kappa shape index (κ2) is 8.09. The third kappa shape index (κ3) is 3.79. The minimum atomic E-state index is -0.170. The Morgan fingerprint density at radius 1 is 1.23 bits per heavy atom. The van der Waals surface area contributed by atoms with Crippen LogP contribution in [0.2, 0.25) is 0 Å². The first-order valence-corrected chi connectivity index (χ1v) is 7.06. The van der Waals surface area contributed by atoms with Crippen molar-refractivity contribution in [2.75, 3.05) is 31.8 Å². The summed E-state index contributed by atoms with van der Waals surface area (Å²) in [6, 6.07) is 7.06. The molecule has 116 valence electrons. The van der Waals surface area contributed by atoms with Gasteiger partial charge in [0.2, 0.25) is 5.88 Å². The number of carbonyl (C=O) groups is 1. The van der Waals surface area contributed by atoms with Gasteiger partial charge in [-0.05, 0) is 31.2 Å². The van der Waals surface area contributed by atoms with Crippen molar-refractivity contribution in [3.8, 4) is 5.88 Å². The summed E-state index contributed by atoms with van der Waals surface area (Å²) >= 11 is 0. The van der Waals surface area contributed by atoms with Crippen LogP contribution in [0.15, 0.2) is 42.9 Å². The van der Waals surface area contributed by atoms with Gasteiger partial charge >= 0.3 is 0 Å². The van der Waals surface area contributed by atoms with Crippen LogP contribution in [0.1, 0.15) is 17.3 Å². The van der Waals surface area contributed by atoms with Gasteiger partial charge in [-0.1, -0.05) is 0 Å². The van der Waals surface area contributed by atoms with Crippen LogP contribution in [-0.4, -0.2) is 42.7 Å². The highest BCUT2D eigenvalue weighted by Crippen LogP contribution is 2.20. The van der Waals surface area contributed by atoms with E-state index in [1.54, 1.807) is 48.8 Å². The summed E-state index contributed by atoms with van der Waals surface area (Å²) in [6.45, 7) is 3.21. The summed E-state index contributed by atoms with van der Waals surface area (Å²) in [6.07, 6.45) is 4.92. The zero-order chi connectivity index (χ0) is 15.8. The van der Waals surface area contributed by atoms with E-state index >= 15 is 0 Å². The minimum absolute atomic E-state index is 0.170.